The van der Waals surface area contributed by atoms with Gasteiger partial charge in [0.25, 0.3) is 5.56 Å². The van der Waals surface area contributed by atoms with Gasteiger partial charge in [-0.3, -0.25) is 9.36 Å². The summed E-state index contributed by atoms with van der Waals surface area (Å²) in [5, 5.41) is 10.7. The molecule has 5 rings (SSSR count). The number of imidazole rings is 1. The largest absolute Gasteiger partial charge is 0.370 e. The van der Waals surface area contributed by atoms with E-state index in [0.29, 0.717) is 5.92 Å². The van der Waals surface area contributed by atoms with Gasteiger partial charge < -0.3 is 14.5 Å². The van der Waals surface area contributed by atoms with Crippen molar-refractivity contribution >= 4 is 27.6 Å². The van der Waals surface area contributed by atoms with Crippen LogP contribution in [0.15, 0.2) is 52.1 Å². The van der Waals surface area contributed by atoms with Crippen molar-refractivity contribution in [3.05, 3.63) is 74.4 Å². The Bertz CT molecular complexity index is 1480. The number of aromatic amines is 1. The number of benzene rings is 2. The first-order valence-corrected chi connectivity index (χ1v) is 10.4. The number of nitrogens with zero attached hydrogens (tertiary/aromatic N) is 4. The molecule has 0 aliphatic carbocycles. The minimum atomic E-state index is -0.253. The first-order chi connectivity index (χ1) is 15.0. The lowest BCUT2D eigenvalue weighted by Gasteiger charge is -2.35. The molecule has 156 valence electrons. The van der Waals surface area contributed by atoms with Gasteiger partial charge in [0, 0.05) is 32.6 Å². The van der Waals surface area contributed by atoms with E-state index >= 15 is 0 Å². The highest BCUT2D eigenvalue weighted by Crippen LogP contribution is 2.35. The molecule has 4 aromatic rings. The molecule has 0 unspecified atom stereocenters. The third-order valence-electron chi connectivity index (χ3n) is 6.60. The Labute approximate surface area is 178 Å². The highest BCUT2D eigenvalue weighted by Gasteiger charge is 2.26. The quantitative estimate of drug-likeness (QED) is 0.547. The maximum Gasteiger partial charge on any atom is 0.326 e. The molecule has 1 saturated heterocycles. The SMILES string of the molecule is Cn1c(=O)[nH]c2ccc(C3CCN(c4c(C#N)c(=O)n(C)c5ccccc45)CC3)cc21. The second-order valence-electron chi connectivity index (χ2n) is 8.24. The van der Waals surface area contributed by atoms with Gasteiger partial charge in [-0.25, -0.2) is 4.79 Å². The molecule has 0 saturated carbocycles. The molecule has 7 heteroatoms. The highest BCUT2D eigenvalue weighted by atomic mass is 16.1. The number of rotatable bonds is 2. The lowest BCUT2D eigenvalue weighted by molar-refractivity contribution is 0.506. The van der Waals surface area contributed by atoms with Gasteiger partial charge in [-0.15, -0.1) is 0 Å². The summed E-state index contributed by atoms with van der Waals surface area (Å²) in [5.74, 6) is 0.369. The number of nitrogens with one attached hydrogen (secondary N) is 1. The smallest absolute Gasteiger partial charge is 0.326 e. The maximum absolute atomic E-state index is 12.8. The molecule has 31 heavy (non-hydrogen) atoms. The Hall–Kier alpha value is -3.79. The van der Waals surface area contributed by atoms with Crippen molar-refractivity contribution in [3.8, 4) is 6.07 Å². The number of aromatic nitrogens is 3. The number of pyridine rings is 1. The number of hydrogen-bond acceptors (Lipinski definition) is 4. The molecule has 3 heterocycles. The van der Waals surface area contributed by atoms with Crippen LogP contribution in [0.1, 0.15) is 29.9 Å². The molecule has 1 aliphatic rings. The second-order valence-corrected chi connectivity index (χ2v) is 8.24. The summed E-state index contributed by atoms with van der Waals surface area (Å²) in [7, 11) is 3.49. The van der Waals surface area contributed by atoms with Gasteiger partial charge in [-0.2, -0.15) is 5.26 Å². The predicted octanol–water partition coefficient (Wildman–Crippen LogP) is 2.97. The maximum atomic E-state index is 12.8. The van der Waals surface area contributed by atoms with Crippen molar-refractivity contribution in [2.75, 3.05) is 18.0 Å². The molecule has 1 fully saturated rings. The number of piperidine rings is 1. The Kier molecular flexibility index (Phi) is 4.44. The third-order valence-corrected chi connectivity index (χ3v) is 6.60. The van der Waals surface area contributed by atoms with E-state index in [1.165, 1.54) is 5.56 Å². The number of aryl methyl sites for hydroxylation is 2. The van der Waals surface area contributed by atoms with Gasteiger partial charge in [0.05, 0.1) is 22.2 Å². The van der Waals surface area contributed by atoms with Crippen molar-refractivity contribution in [1.29, 1.82) is 5.26 Å². The van der Waals surface area contributed by atoms with Gasteiger partial charge in [0.15, 0.2) is 0 Å². The molecule has 7 nitrogen and oxygen atoms in total. The standard InChI is InChI=1S/C24H23N5O2/c1-27-20-6-4-3-5-17(20)22(18(14-25)23(27)30)29-11-9-15(10-12-29)16-7-8-19-21(13-16)28(2)24(31)26-19/h3-8,13,15H,9-12H2,1-2H3,(H,26,31). The number of anilines is 1. The fraction of sp³-hybridized carbons (Fsp3) is 0.292. The molecule has 0 atom stereocenters. The van der Waals surface area contributed by atoms with Gasteiger partial charge in [-0.05, 0) is 42.5 Å². The lowest BCUT2D eigenvalue weighted by Crippen LogP contribution is -2.35. The zero-order chi connectivity index (χ0) is 21.7. The fourth-order valence-corrected chi connectivity index (χ4v) is 4.84. The molecule has 0 bridgehead atoms. The van der Waals surface area contributed by atoms with Gasteiger partial charge in [-0.1, -0.05) is 24.3 Å². The van der Waals surface area contributed by atoms with Crippen LogP contribution in [0.5, 0.6) is 0 Å². The normalized spacial score (nSPS) is 14.9. The molecular weight excluding hydrogens is 390 g/mol. The number of hydrogen-bond donors (Lipinski definition) is 1. The van der Waals surface area contributed by atoms with Crippen LogP contribution in [0.25, 0.3) is 21.9 Å². The summed E-state index contributed by atoms with van der Waals surface area (Å²) in [6, 6.07) is 16.1. The Morgan fingerprint density at radius 2 is 1.74 bits per heavy atom. The van der Waals surface area contributed by atoms with E-state index in [4.69, 9.17) is 0 Å². The minimum absolute atomic E-state index is 0.108. The summed E-state index contributed by atoms with van der Waals surface area (Å²) in [4.78, 5) is 29.7. The summed E-state index contributed by atoms with van der Waals surface area (Å²) in [6.45, 7) is 1.53. The molecule has 0 amide bonds. The summed E-state index contributed by atoms with van der Waals surface area (Å²) >= 11 is 0. The van der Waals surface area contributed by atoms with E-state index < -0.39 is 0 Å². The van der Waals surface area contributed by atoms with Crippen molar-refractivity contribution in [1.82, 2.24) is 14.1 Å². The van der Waals surface area contributed by atoms with E-state index in [1.54, 1.807) is 23.2 Å². The zero-order valence-electron chi connectivity index (χ0n) is 17.6. The Morgan fingerprint density at radius 3 is 2.48 bits per heavy atom. The van der Waals surface area contributed by atoms with Gasteiger partial charge in [0.2, 0.25) is 0 Å². The lowest BCUT2D eigenvalue weighted by atomic mass is 9.88. The summed E-state index contributed by atoms with van der Waals surface area (Å²) in [6.07, 6.45) is 1.83. The third kappa shape index (κ3) is 2.95. The molecule has 2 aromatic carbocycles. The van der Waals surface area contributed by atoms with Crippen molar-refractivity contribution in [3.63, 3.8) is 0 Å². The highest BCUT2D eigenvalue weighted by molar-refractivity contribution is 5.95. The molecule has 2 aromatic heterocycles. The number of para-hydroxylation sites is 1. The van der Waals surface area contributed by atoms with Crippen LogP contribution >= 0.6 is 0 Å². The average molecular weight is 413 g/mol. The van der Waals surface area contributed by atoms with Crippen LogP contribution in [0.4, 0.5) is 5.69 Å². The monoisotopic (exact) mass is 413 g/mol. The Morgan fingerprint density at radius 1 is 1.00 bits per heavy atom. The Balaban J connectivity index is 1.49. The molecule has 0 spiro atoms. The molecule has 1 aliphatic heterocycles. The van der Waals surface area contributed by atoms with E-state index in [-0.39, 0.29) is 16.8 Å². The van der Waals surface area contributed by atoms with Crippen LogP contribution in [-0.4, -0.2) is 27.2 Å². The minimum Gasteiger partial charge on any atom is -0.370 e. The van der Waals surface area contributed by atoms with Gasteiger partial charge in [0.1, 0.15) is 11.6 Å². The van der Waals surface area contributed by atoms with E-state index in [9.17, 15) is 14.9 Å². The average Bonchev–Trinajstić information content (AvgIpc) is 3.09. The first kappa shape index (κ1) is 19.2. The second kappa shape index (κ2) is 7.17. The van der Waals surface area contributed by atoms with Crippen LogP contribution in [0, 0.1) is 11.3 Å². The van der Waals surface area contributed by atoms with Crippen LogP contribution in [-0.2, 0) is 14.1 Å². The van der Waals surface area contributed by atoms with Crippen molar-refractivity contribution < 1.29 is 0 Å². The zero-order valence-corrected chi connectivity index (χ0v) is 17.6. The molecule has 1 N–H and O–H groups in total. The number of fused-ring (bicyclic) bond motifs is 2. The molecular formula is C24H23N5O2. The van der Waals surface area contributed by atoms with E-state index in [2.05, 4.69) is 28.1 Å². The topological polar surface area (TPSA) is 86.8 Å². The number of H-pyrrole nitrogens is 1. The van der Waals surface area contributed by atoms with Crippen LogP contribution < -0.4 is 16.1 Å². The van der Waals surface area contributed by atoms with Crippen LogP contribution in [0.2, 0.25) is 0 Å². The number of nitriles is 1. The van der Waals surface area contributed by atoms with Crippen LogP contribution in [0.3, 0.4) is 0 Å². The van der Waals surface area contributed by atoms with Crippen molar-refractivity contribution in [2.24, 2.45) is 14.1 Å². The van der Waals surface area contributed by atoms with Crippen molar-refractivity contribution in [2.45, 2.75) is 18.8 Å². The van der Waals surface area contributed by atoms with E-state index in [1.807, 2.05) is 30.3 Å². The summed E-state index contributed by atoms with van der Waals surface area (Å²) in [5.41, 5.74) is 4.42. The van der Waals surface area contributed by atoms with E-state index in [0.717, 1.165) is 53.6 Å². The summed E-state index contributed by atoms with van der Waals surface area (Å²) < 4.78 is 3.19. The first-order valence-electron chi connectivity index (χ1n) is 10.4. The van der Waals surface area contributed by atoms with Gasteiger partial charge >= 0.3 is 5.69 Å². The molecule has 0 radical (unpaired) electrons. The predicted molar refractivity (Wildman–Crippen MR) is 122 cm³/mol. The fourth-order valence-electron chi connectivity index (χ4n) is 4.84.